The van der Waals surface area contributed by atoms with Gasteiger partial charge in [-0.25, -0.2) is 0 Å². The fraction of sp³-hybridized carbons (Fsp3) is 0.125. The van der Waals surface area contributed by atoms with Crippen molar-refractivity contribution in [1.29, 1.82) is 0 Å². The van der Waals surface area contributed by atoms with Crippen LogP contribution in [-0.4, -0.2) is 22.7 Å². The van der Waals surface area contributed by atoms with Crippen molar-refractivity contribution in [3.05, 3.63) is 58.7 Å². The van der Waals surface area contributed by atoms with E-state index in [0.29, 0.717) is 22.0 Å². The van der Waals surface area contributed by atoms with Crippen LogP contribution in [0.5, 0.6) is 5.75 Å². The molecule has 0 saturated carbocycles. The number of benzene rings is 2. The summed E-state index contributed by atoms with van der Waals surface area (Å²) < 4.78 is 6.94. The molecule has 0 aliphatic carbocycles. The van der Waals surface area contributed by atoms with Crippen LogP contribution in [0.3, 0.4) is 0 Å². The van der Waals surface area contributed by atoms with Crippen molar-refractivity contribution >= 4 is 28.3 Å². The maximum Gasteiger partial charge on any atom is 0.217 e. The van der Waals surface area contributed by atoms with Gasteiger partial charge in [-0.3, -0.25) is 9.48 Å². The number of rotatable bonds is 3. The second kappa shape index (κ2) is 5.22. The summed E-state index contributed by atoms with van der Waals surface area (Å²) in [5, 5.41) is 5.64. The van der Waals surface area contributed by atoms with Crippen molar-refractivity contribution in [2.45, 2.75) is 0 Å². The first-order valence-electron chi connectivity index (χ1n) is 6.42. The summed E-state index contributed by atoms with van der Waals surface area (Å²) >= 11 is 6.00. The molecule has 0 radical (unpaired) electrons. The number of hydrogen-bond donors (Lipinski definition) is 0. The third-order valence-electron chi connectivity index (χ3n) is 3.38. The number of ether oxygens (including phenoxy) is 1. The van der Waals surface area contributed by atoms with Crippen LogP contribution in [0.1, 0.15) is 16.1 Å². The minimum atomic E-state index is -0.203. The zero-order valence-corrected chi connectivity index (χ0v) is 12.4. The van der Waals surface area contributed by atoms with Crippen molar-refractivity contribution in [1.82, 2.24) is 9.78 Å². The molecule has 0 aliphatic rings. The van der Waals surface area contributed by atoms with E-state index in [2.05, 4.69) is 5.10 Å². The lowest BCUT2D eigenvalue weighted by molar-refractivity contribution is 0.103. The van der Waals surface area contributed by atoms with Crippen molar-refractivity contribution in [2.24, 2.45) is 7.05 Å². The maximum atomic E-state index is 12.8. The molecular weight excluding hydrogens is 288 g/mol. The molecule has 1 aromatic heterocycles. The maximum absolute atomic E-state index is 12.8. The normalized spacial score (nSPS) is 10.8. The molecule has 3 rings (SSSR count). The standard InChI is InChI=1S/C16H13ClN2O2/c1-19-13-6-4-3-5-11(13)15(18-19)16(20)12-9-10(17)7-8-14(12)21-2/h3-9H,1-2H3. The lowest BCUT2D eigenvalue weighted by Gasteiger charge is -2.06. The molecule has 4 nitrogen and oxygen atoms in total. The first-order chi connectivity index (χ1) is 10.1. The first kappa shape index (κ1) is 13.6. The summed E-state index contributed by atoms with van der Waals surface area (Å²) in [6.07, 6.45) is 0. The zero-order chi connectivity index (χ0) is 15.0. The van der Waals surface area contributed by atoms with Crippen LogP contribution >= 0.6 is 11.6 Å². The van der Waals surface area contributed by atoms with Gasteiger partial charge in [0.2, 0.25) is 5.78 Å². The number of aromatic nitrogens is 2. The number of carbonyl (C=O) groups excluding carboxylic acids is 1. The van der Waals surface area contributed by atoms with E-state index < -0.39 is 0 Å². The molecule has 0 N–H and O–H groups in total. The van der Waals surface area contributed by atoms with Crippen LogP contribution in [0.15, 0.2) is 42.5 Å². The number of methoxy groups -OCH3 is 1. The Kier molecular flexibility index (Phi) is 3.39. The molecule has 0 aliphatic heterocycles. The smallest absolute Gasteiger partial charge is 0.217 e. The average Bonchev–Trinajstić information content (AvgIpc) is 2.84. The Morgan fingerprint density at radius 1 is 1.24 bits per heavy atom. The van der Waals surface area contributed by atoms with Gasteiger partial charge in [0, 0.05) is 17.5 Å². The highest BCUT2D eigenvalue weighted by Crippen LogP contribution is 2.27. The second-order valence-electron chi connectivity index (χ2n) is 4.66. The number of halogens is 1. The summed E-state index contributed by atoms with van der Waals surface area (Å²) in [5.41, 5.74) is 1.71. The quantitative estimate of drug-likeness (QED) is 0.696. The van der Waals surface area contributed by atoms with Crippen molar-refractivity contribution in [2.75, 3.05) is 7.11 Å². The average molecular weight is 301 g/mol. The number of hydrogen-bond acceptors (Lipinski definition) is 3. The monoisotopic (exact) mass is 300 g/mol. The number of aryl methyl sites for hydroxylation is 1. The first-order valence-corrected chi connectivity index (χ1v) is 6.79. The molecule has 1 heterocycles. The molecule has 3 aromatic rings. The second-order valence-corrected chi connectivity index (χ2v) is 5.10. The van der Waals surface area contributed by atoms with Crippen LogP contribution < -0.4 is 4.74 Å². The van der Waals surface area contributed by atoms with Gasteiger partial charge in [0.1, 0.15) is 11.4 Å². The number of carbonyl (C=O) groups is 1. The molecule has 0 fully saturated rings. The van der Waals surface area contributed by atoms with E-state index in [4.69, 9.17) is 16.3 Å². The Morgan fingerprint density at radius 3 is 2.76 bits per heavy atom. The van der Waals surface area contributed by atoms with E-state index in [0.717, 1.165) is 10.9 Å². The Balaban J connectivity index is 2.20. The van der Waals surface area contributed by atoms with E-state index in [-0.39, 0.29) is 5.78 Å². The highest BCUT2D eigenvalue weighted by atomic mass is 35.5. The molecule has 2 aromatic carbocycles. The minimum absolute atomic E-state index is 0.203. The van der Waals surface area contributed by atoms with Gasteiger partial charge >= 0.3 is 0 Å². The number of ketones is 1. The number of fused-ring (bicyclic) bond motifs is 1. The van der Waals surface area contributed by atoms with Crippen LogP contribution in [0.4, 0.5) is 0 Å². The topological polar surface area (TPSA) is 44.1 Å². The summed E-state index contributed by atoms with van der Waals surface area (Å²) in [4.78, 5) is 12.8. The Bertz CT molecular complexity index is 839. The van der Waals surface area contributed by atoms with E-state index >= 15 is 0 Å². The Morgan fingerprint density at radius 2 is 2.00 bits per heavy atom. The molecule has 0 saturated heterocycles. The molecule has 0 unspecified atom stereocenters. The van der Waals surface area contributed by atoms with Crippen LogP contribution in [0.25, 0.3) is 10.9 Å². The summed E-state index contributed by atoms with van der Waals surface area (Å²) in [6.45, 7) is 0. The molecule has 106 valence electrons. The molecule has 0 atom stereocenters. The molecule has 0 bridgehead atoms. The van der Waals surface area contributed by atoms with Gasteiger partial charge in [-0.05, 0) is 24.3 Å². The SMILES string of the molecule is COc1ccc(Cl)cc1C(=O)c1nn(C)c2ccccc12. The number of nitrogens with zero attached hydrogens (tertiary/aromatic N) is 2. The van der Waals surface area contributed by atoms with Crippen LogP contribution in [0, 0.1) is 0 Å². The Labute approximate surface area is 126 Å². The van der Waals surface area contributed by atoms with Gasteiger partial charge in [-0.15, -0.1) is 0 Å². The molecule has 21 heavy (non-hydrogen) atoms. The largest absolute Gasteiger partial charge is 0.496 e. The molecule has 0 spiro atoms. The summed E-state index contributed by atoms with van der Waals surface area (Å²) in [6, 6.07) is 12.6. The number of para-hydroxylation sites is 1. The highest BCUT2D eigenvalue weighted by molar-refractivity contribution is 6.31. The predicted molar refractivity (Wildman–Crippen MR) is 82.2 cm³/mol. The third-order valence-corrected chi connectivity index (χ3v) is 3.61. The highest BCUT2D eigenvalue weighted by Gasteiger charge is 2.21. The minimum Gasteiger partial charge on any atom is -0.496 e. The Hall–Kier alpha value is -2.33. The zero-order valence-electron chi connectivity index (χ0n) is 11.6. The van der Waals surface area contributed by atoms with Crippen molar-refractivity contribution < 1.29 is 9.53 Å². The van der Waals surface area contributed by atoms with Crippen LogP contribution in [-0.2, 0) is 7.05 Å². The van der Waals surface area contributed by atoms with Gasteiger partial charge in [0.25, 0.3) is 0 Å². The fourth-order valence-electron chi connectivity index (χ4n) is 2.37. The summed E-state index contributed by atoms with van der Waals surface area (Å²) in [5.74, 6) is 0.283. The molecule has 0 amide bonds. The molecule has 5 heteroatoms. The van der Waals surface area contributed by atoms with Gasteiger partial charge in [0.05, 0.1) is 18.2 Å². The van der Waals surface area contributed by atoms with E-state index in [9.17, 15) is 4.79 Å². The van der Waals surface area contributed by atoms with Crippen LogP contribution in [0.2, 0.25) is 5.02 Å². The van der Waals surface area contributed by atoms with E-state index in [1.165, 1.54) is 7.11 Å². The summed E-state index contributed by atoms with van der Waals surface area (Å²) in [7, 11) is 3.34. The predicted octanol–water partition coefficient (Wildman–Crippen LogP) is 3.47. The van der Waals surface area contributed by atoms with E-state index in [1.54, 1.807) is 22.9 Å². The van der Waals surface area contributed by atoms with E-state index in [1.807, 2.05) is 31.3 Å². The fourth-order valence-corrected chi connectivity index (χ4v) is 2.54. The van der Waals surface area contributed by atoms with Gasteiger partial charge in [-0.1, -0.05) is 29.8 Å². The van der Waals surface area contributed by atoms with Gasteiger partial charge < -0.3 is 4.74 Å². The molecular formula is C16H13ClN2O2. The van der Waals surface area contributed by atoms with Crippen molar-refractivity contribution in [3.8, 4) is 5.75 Å². The van der Waals surface area contributed by atoms with Gasteiger partial charge in [0.15, 0.2) is 0 Å². The van der Waals surface area contributed by atoms with Gasteiger partial charge in [-0.2, -0.15) is 5.10 Å². The third kappa shape index (κ3) is 2.28. The lowest BCUT2D eigenvalue weighted by atomic mass is 10.0. The lowest BCUT2D eigenvalue weighted by Crippen LogP contribution is -2.06. The van der Waals surface area contributed by atoms with Crippen molar-refractivity contribution in [3.63, 3.8) is 0 Å².